The quantitative estimate of drug-likeness (QED) is 0.549. The molecule has 1 fully saturated rings. The van der Waals surface area contributed by atoms with Gasteiger partial charge in [-0.05, 0) is 37.9 Å². The Kier molecular flexibility index (Phi) is 3.47. The van der Waals surface area contributed by atoms with Gasteiger partial charge in [0.1, 0.15) is 0 Å². The molecule has 0 bridgehead atoms. The van der Waals surface area contributed by atoms with Crippen LogP contribution in [0.4, 0.5) is 4.79 Å². The van der Waals surface area contributed by atoms with E-state index in [1.165, 1.54) is 42.8 Å². The molecule has 1 amide bonds. The zero-order chi connectivity index (χ0) is 17.7. The fourth-order valence-corrected chi connectivity index (χ4v) is 4.27. The van der Waals surface area contributed by atoms with Gasteiger partial charge in [0.2, 0.25) is 0 Å². The first kappa shape index (κ1) is 15.4. The maximum atomic E-state index is 11.1. The van der Waals surface area contributed by atoms with Crippen molar-refractivity contribution < 1.29 is 9.90 Å². The molecular formula is C22H20N2O2. The summed E-state index contributed by atoms with van der Waals surface area (Å²) in [6.45, 7) is 3.60. The minimum atomic E-state index is -0.813. The summed E-state index contributed by atoms with van der Waals surface area (Å²) in [5.74, 6) is 0. The molecule has 0 unspecified atom stereocenters. The monoisotopic (exact) mass is 344 g/mol. The molecule has 1 N–H and O–H groups in total. The molecule has 0 spiro atoms. The lowest BCUT2D eigenvalue weighted by molar-refractivity contribution is 0.103. The first-order valence-electron chi connectivity index (χ1n) is 9.06. The maximum Gasteiger partial charge on any atom is 0.407 e. The van der Waals surface area contributed by atoms with Crippen molar-refractivity contribution in [2.75, 3.05) is 26.2 Å². The van der Waals surface area contributed by atoms with Gasteiger partial charge >= 0.3 is 6.09 Å². The second kappa shape index (κ2) is 5.85. The number of rotatable bonds is 2. The molecule has 0 radical (unpaired) electrons. The van der Waals surface area contributed by atoms with Gasteiger partial charge in [0.15, 0.2) is 0 Å². The summed E-state index contributed by atoms with van der Waals surface area (Å²) in [7, 11) is 0. The van der Waals surface area contributed by atoms with E-state index in [4.69, 9.17) is 5.11 Å². The van der Waals surface area contributed by atoms with Crippen molar-refractivity contribution in [2.24, 2.45) is 0 Å². The summed E-state index contributed by atoms with van der Waals surface area (Å²) in [6, 6.07) is 19.8. The van der Waals surface area contributed by atoms with E-state index in [0.29, 0.717) is 13.1 Å². The third-order valence-electron chi connectivity index (χ3n) is 5.66. The van der Waals surface area contributed by atoms with Crippen molar-refractivity contribution in [3.63, 3.8) is 0 Å². The summed E-state index contributed by atoms with van der Waals surface area (Å²) in [5, 5.41) is 17.0. The molecule has 4 aromatic rings. The predicted molar refractivity (Wildman–Crippen MR) is 105 cm³/mol. The molecule has 4 heteroatoms. The first-order chi connectivity index (χ1) is 12.7. The third-order valence-corrected chi connectivity index (χ3v) is 5.66. The Balaban J connectivity index is 1.55. The van der Waals surface area contributed by atoms with Crippen LogP contribution in [-0.2, 0) is 6.54 Å². The average Bonchev–Trinajstić information content (AvgIpc) is 2.67. The Labute approximate surface area is 151 Å². The van der Waals surface area contributed by atoms with E-state index in [2.05, 4.69) is 59.5 Å². The molecule has 1 aliphatic rings. The van der Waals surface area contributed by atoms with Gasteiger partial charge in [0.05, 0.1) is 0 Å². The van der Waals surface area contributed by atoms with Gasteiger partial charge in [-0.25, -0.2) is 4.79 Å². The minimum Gasteiger partial charge on any atom is -0.465 e. The van der Waals surface area contributed by atoms with Crippen LogP contribution in [0, 0.1) is 0 Å². The zero-order valence-electron chi connectivity index (χ0n) is 14.5. The van der Waals surface area contributed by atoms with Crippen LogP contribution in [0.2, 0.25) is 0 Å². The Hall–Kier alpha value is -2.85. The highest BCUT2D eigenvalue weighted by Crippen LogP contribution is 2.36. The van der Waals surface area contributed by atoms with Crippen LogP contribution in [0.5, 0.6) is 0 Å². The highest BCUT2D eigenvalue weighted by Gasteiger charge is 2.21. The van der Waals surface area contributed by atoms with Crippen molar-refractivity contribution >= 4 is 38.4 Å². The standard InChI is InChI=1S/C22H20N2O2/c25-22(26)24-12-10-23(11-13-24)14-18-7-6-17-5-4-15-2-1-3-16-8-9-19(18)21(17)20(15)16/h1-9H,10-14H2,(H,25,26). The van der Waals surface area contributed by atoms with Crippen molar-refractivity contribution in [3.05, 3.63) is 60.2 Å². The highest BCUT2D eigenvalue weighted by molar-refractivity contribution is 6.23. The molecule has 1 saturated heterocycles. The average molecular weight is 344 g/mol. The number of hydrogen-bond acceptors (Lipinski definition) is 2. The Morgan fingerprint density at radius 3 is 2.12 bits per heavy atom. The molecule has 0 atom stereocenters. The fourth-order valence-electron chi connectivity index (χ4n) is 4.27. The lowest BCUT2D eigenvalue weighted by Gasteiger charge is -2.33. The van der Waals surface area contributed by atoms with E-state index in [1.807, 2.05) is 0 Å². The summed E-state index contributed by atoms with van der Waals surface area (Å²) >= 11 is 0. The summed E-state index contributed by atoms with van der Waals surface area (Å²) in [5.41, 5.74) is 1.32. The van der Waals surface area contributed by atoms with Gasteiger partial charge in [-0.15, -0.1) is 0 Å². The van der Waals surface area contributed by atoms with Gasteiger partial charge in [-0.3, -0.25) is 4.90 Å². The molecule has 0 aromatic heterocycles. The number of amides is 1. The van der Waals surface area contributed by atoms with Crippen LogP contribution in [0.25, 0.3) is 32.3 Å². The Morgan fingerprint density at radius 2 is 1.42 bits per heavy atom. The van der Waals surface area contributed by atoms with E-state index in [-0.39, 0.29) is 0 Å². The number of nitrogens with zero attached hydrogens (tertiary/aromatic N) is 2. The number of piperazine rings is 1. The van der Waals surface area contributed by atoms with Crippen LogP contribution in [-0.4, -0.2) is 47.2 Å². The normalized spacial score (nSPS) is 16.1. The number of carboxylic acid groups (broad SMARTS) is 1. The van der Waals surface area contributed by atoms with E-state index in [9.17, 15) is 4.79 Å². The molecule has 4 aromatic carbocycles. The second-order valence-electron chi connectivity index (χ2n) is 7.13. The van der Waals surface area contributed by atoms with Gasteiger partial charge in [-0.2, -0.15) is 0 Å². The molecule has 1 heterocycles. The van der Waals surface area contributed by atoms with E-state index >= 15 is 0 Å². The fraction of sp³-hybridized carbons (Fsp3) is 0.227. The van der Waals surface area contributed by atoms with Crippen LogP contribution < -0.4 is 0 Å². The lowest BCUT2D eigenvalue weighted by Crippen LogP contribution is -2.47. The molecule has 0 saturated carbocycles. The Morgan fingerprint density at radius 1 is 0.808 bits per heavy atom. The molecule has 4 nitrogen and oxygen atoms in total. The SMILES string of the molecule is O=C(O)N1CCN(Cc2ccc3ccc4cccc5ccc2c3c45)CC1. The van der Waals surface area contributed by atoms with Crippen molar-refractivity contribution in [1.29, 1.82) is 0 Å². The maximum absolute atomic E-state index is 11.1. The largest absolute Gasteiger partial charge is 0.465 e. The topological polar surface area (TPSA) is 43.8 Å². The summed E-state index contributed by atoms with van der Waals surface area (Å²) in [4.78, 5) is 14.9. The lowest BCUT2D eigenvalue weighted by atomic mass is 9.92. The molecule has 130 valence electrons. The smallest absolute Gasteiger partial charge is 0.407 e. The van der Waals surface area contributed by atoms with Gasteiger partial charge in [0.25, 0.3) is 0 Å². The summed E-state index contributed by atoms with van der Waals surface area (Å²) < 4.78 is 0. The Bertz CT molecular complexity index is 1100. The summed E-state index contributed by atoms with van der Waals surface area (Å²) in [6.07, 6.45) is -0.813. The van der Waals surface area contributed by atoms with E-state index in [1.54, 1.807) is 0 Å². The second-order valence-corrected chi connectivity index (χ2v) is 7.13. The molecule has 5 rings (SSSR count). The molecule has 26 heavy (non-hydrogen) atoms. The van der Waals surface area contributed by atoms with Crippen LogP contribution in [0.15, 0.2) is 54.6 Å². The van der Waals surface area contributed by atoms with E-state index < -0.39 is 6.09 Å². The number of benzene rings is 4. The van der Waals surface area contributed by atoms with Crippen molar-refractivity contribution in [3.8, 4) is 0 Å². The zero-order valence-corrected chi connectivity index (χ0v) is 14.5. The molecule has 1 aliphatic heterocycles. The third kappa shape index (κ3) is 2.37. The molecular weight excluding hydrogens is 324 g/mol. The van der Waals surface area contributed by atoms with Crippen LogP contribution >= 0.6 is 0 Å². The van der Waals surface area contributed by atoms with Crippen molar-refractivity contribution in [2.45, 2.75) is 6.54 Å². The van der Waals surface area contributed by atoms with Gasteiger partial charge in [0, 0.05) is 32.7 Å². The predicted octanol–water partition coefficient (Wildman–Crippen LogP) is 4.38. The number of hydrogen-bond donors (Lipinski definition) is 1. The first-order valence-corrected chi connectivity index (χ1v) is 9.06. The van der Waals surface area contributed by atoms with E-state index in [0.717, 1.165) is 19.6 Å². The molecule has 0 aliphatic carbocycles. The van der Waals surface area contributed by atoms with Crippen LogP contribution in [0.1, 0.15) is 5.56 Å². The van der Waals surface area contributed by atoms with Gasteiger partial charge in [-0.1, -0.05) is 54.6 Å². The van der Waals surface area contributed by atoms with Crippen LogP contribution in [0.3, 0.4) is 0 Å². The number of carbonyl (C=O) groups is 1. The highest BCUT2D eigenvalue weighted by atomic mass is 16.4. The van der Waals surface area contributed by atoms with Gasteiger partial charge < -0.3 is 10.0 Å². The van der Waals surface area contributed by atoms with Crippen molar-refractivity contribution in [1.82, 2.24) is 9.80 Å². The minimum absolute atomic E-state index is 0.584.